The van der Waals surface area contributed by atoms with Crippen molar-refractivity contribution < 1.29 is 9.15 Å². The number of para-hydroxylation sites is 1. The first-order valence-electron chi connectivity index (χ1n) is 6.21. The third kappa shape index (κ3) is 3.93. The maximum atomic E-state index is 5.62. The number of benzene rings is 1. The Morgan fingerprint density at radius 1 is 1.22 bits per heavy atom. The lowest BCUT2D eigenvalue weighted by Gasteiger charge is -2.05. The Morgan fingerprint density at radius 3 is 2.72 bits per heavy atom. The minimum atomic E-state index is 0.464. The SMILES string of the molecule is CC(C)NCc1coc(COc2ccccc2)c1. The van der Waals surface area contributed by atoms with Crippen molar-refractivity contribution in [1.29, 1.82) is 0 Å². The fourth-order valence-corrected chi connectivity index (χ4v) is 1.59. The molecule has 1 heterocycles. The Balaban J connectivity index is 1.83. The molecule has 2 rings (SSSR count). The largest absolute Gasteiger partial charge is 0.486 e. The maximum absolute atomic E-state index is 5.62. The molecule has 96 valence electrons. The number of ether oxygens (including phenoxy) is 1. The summed E-state index contributed by atoms with van der Waals surface area (Å²) in [5, 5.41) is 3.35. The van der Waals surface area contributed by atoms with E-state index in [1.54, 1.807) is 6.26 Å². The maximum Gasteiger partial charge on any atom is 0.146 e. The van der Waals surface area contributed by atoms with Gasteiger partial charge in [0, 0.05) is 18.2 Å². The number of rotatable bonds is 6. The Hall–Kier alpha value is -1.74. The smallest absolute Gasteiger partial charge is 0.146 e. The van der Waals surface area contributed by atoms with Crippen LogP contribution in [0.5, 0.6) is 5.75 Å². The van der Waals surface area contributed by atoms with Gasteiger partial charge in [0.1, 0.15) is 18.1 Å². The number of hydrogen-bond donors (Lipinski definition) is 1. The summed E-state index contributed by atoms with van der Waals surface area (Å²) in [4.78, 5) is 0. The van der Waals surface area contributed by atoms with Gasteiger partial charge in [-0.15, -0.1) is 0 Å². The number of nitrogens with one attached hydrogen (secondary N) is 1. The van der Waals surface area contributed by atoms with Crippen LogP contribution in [-0.2, 0) is 13.2 Å². The van der Waals surface area contributed by atoms with Gasteiger partial charge in [0.05, 0.1) is 6.26 Å². The monoisotopic (exact) mass is 245 g/mol. The van der Waals surface area contributed by atoms with Gasteiger partial charge in [0.25, 0.3) is 0 Å². The number of furan rings is 1. The van der Waals surface area contributed by atoms with Crippen LogP contribution < -0.4 is 10.1 Å². The average molecular weight is 245 g/mol. The van der Waals surface area contributed by atoms with Gasteiger partial charge in [0.15, 0.2) is 0 Å². The molecule has 0 radical (unpaired) electrons. The summed E-state index contributed by atoms with van der Waals surface area (Å²) < 4.78 is 11.1. The van der Waals surface area contributed by atoms with Gasteiger partial charge in [0.2, 0.25) is 0 Å². The molecule has 0 atom stereocenters. The lowest BCUT2D eigenvalue weighted by Crippen LogP contribution is -2.21. The van der Waals surface area contributed by atoms with Crippen molar-refractivity contribution in [3.05, 3.63) is 54.0 Å². The van der Waals surface area contributed by atoms with Crippen LogP contribution in [0.15, 0.2) is 47.1 Å². The summed E-state index contributed by atoms with van der Waals surface area (Å²) in [7, 11) is 0. The van der Waals surface area contributed by atoms with Crippen molar-refractivity contribution in [3.8, 4) is 5.75 Å². The van der Waals surface area contributed by atoms with Crippen LogP contribution in [0, 0.1) is 0 Å². The molecule has 0 amide bonds. The van der Waals surface area contributed by atoms with Crippen molar-refractivity contribution in [1.82, 2.24) is 5.32 Å². The van der Waals surface area contributed by atoms with Crippen molar-refractivity contribution in [3.63, 3.8) is 0 Å². The molecule has 0 unspecified atom stereocenters. The van der Waals surface area contributed by atoms with Crippen molar-refractivity contribution in [2.24, 2.45) is 0 Å². The van der Waals surface area contributed by atoms with E-state index in [0.717, 1.165) is 23.6 Å². The standard InChI is InChI=1S/C15H19NO2/c1-12(2)16-9-13-8-15(17-10-13)11-18-14-6-4-3-5-7-14/h3-8,10,12,16H,9,11H2,1-2H3. The predicted molar refractivity (Wildman–Crippen MR) is 71.5 cm³/mol. The van der Waals surface area contributed by atoms with Crippen LogP contribution in [0.3, 0.4) is 0 Å². The Kier molecular flexibility index (Phi) is 4.42. The van der Waals surface area contributed by atoms with E-state index >= 15 is 0 Å². The average Bonchev–Trinajstić information content (AvgIpc) is 2.83. The van der Waals surface area contributed by atoms with Crippen LogP contribution in [-0.4, -0.2) is 6.04 Å². The minimum Gasteiger partial charge on any atom is -0.486 e. The van der Waals surface area contributed by atoms with Gasteiger partial charge in [-0.25, -0.2) is 0 Å². The summed E-state index contributed by atoms with van der Waals surface area (Å²) >= 11 is 0. The van der Waals surface area contributed by atoms with Gasteiger partial charge in [-0.2, -0.15) is 0 Å². The van der Waals surface area contributed by atoms with Gasteiger partial charge < -0.3 is 14.5 Å². The van der Waals surface area contributed by atoms with Gasteiger partial charge >= 0.3 is 0 Å². The highest BCUT2D eigenvalue weighted by atomic mass is 16.5. The molecule has 0 aliphatic heterocycles. The van der Waals surface area contributed by atoms with Crippen LogP contribution in [0.2, 0.25) is 0 Å². The van der Waals surface area contributed by atoms with Crippen molar-refractivity contribution in [2.75, 3.05) is 0 Å². The Morgan fingerprint density at radius 2 is 2.00 bits per heavy atom. The highest BCUT2D eigenvalue weighted by Gasteiger charge is 2.03. The summed E-state index contributed by atoms with van der Waals surface area (Å²) in [5.74, 6) is 1.70. The second kappa shape index (κ2) is 6.26. The highest BCUT2D eigenvalue weighted by molar-refractivity contribution is 5.21. The van der Waals surface area contributed by atoms with Crippen molar-refractivity contribution in [2.45, 2.75) is 33.0 Å². The fourth-order valence-electron chi connectivity index (χ4n) is 1.59. The van der Waals surface area contributed by atoms with E-state index in [9.17, 15) is 0 Å². The Bertz CT molecular complexity index is 462. The molecule has 3 heteroatoms. The zero-order valence-electron chi connectivity index (χ0n) is 10.8. The van der Waals surface area contributed by atoms with E-state index in [4.69, 9.17) is 9.15 Å². The normalized spacial score (nSPS) is 10.8. The zero-order valence-corrected chi connectivity index (χ0v) is 10.8. The third-order valence-electron chi connectivity index (χ3n) is 2.55. The van der Waals surface area contributed by atoms with E-state index in [1.807, 2.05) is 36.4 Å². The second-order valence-electron chi connectivity index (χ2n) is 4.56. The lowest BCUT2D eigenvalue weighted by molar-refractivity contribution is 0.270. The van der Waals surface area contributed by atoms with E-state index in [0.29, 0.717) is 12.6 Å². The predicted octanol–water partition coefficient (Wildman–Crippen LogP) is 3.36. The first kappa shape index (κ1) is 12.7. The van der Waals surface area contributed by atoms with E-state index in [2.05, 4.69) is 19.2 Å². The summed E-state index contributed by atoms with van der Waals surface area (Å²) in [6.07, 6.45) is 1.78. The molecular weight excluding hydrogens is 226 g/mol. The highest BCUT2D eigenvalue weighted by Crippen LogP contribution is 2.13. The van der Waals surface area contributed by atoms with Gasteiger partial charge in [-0.3, -0.25) is 0 Å². The zero-order chi connectivity index (χ0) is 12.8. The minimum absolute atomic E-state index is 0.464. The molecule has 1 aromatic carbocycles. The quantitative estimate of drug-likeness (QED) is 0.847. The topological polar surface area (TPSA) is 34.4 Å². The molecule has 1 N–H and O–H groups in total. The van der Waals surface area contributed by atoms with E-state index in [1.165, 1.54) is 0 Å². The first-order chi connectivity index (χ1) is 8.74. The van der Waals surface area contributed by atoms with E-state index in [-0.39, 0.29) is 0 Å². The molecule has 2 aromatic rings. The second-order valence-corrected chi connectivity index (χ2v) is 4.56. The van der Waals surface area contributed by atoms with Gasteiger partial charge in [-0.05, 0) is 18.2 Å². The molecule has 1 aromatic heterocycles. The van der Waals surface area contributed by atoms with Crippen molar-refractivity contribution >= 4 is 0 Å². The molecule has 0 aliphatic rings. The molecule has 0 fully saturated rings. The van der Waals surface area contributed by atoms with Crippen LogP contribution in [0.25, 0.3) is 0 Å². The molecule has 0 bridgehead atoms. The molecule has 18 heavy (non-hydrogen) atoms. The number of hydrogen-bond acceptors (Lipinski definition) is 3. The Labute approximate surface area is 108 Å². The van der Waals surface area contributed by atoms with Crippen LogP contribution in [0.4, 0.5) is 0 Å². The summed E-state index contributed by atoms with van der Waals surface area (Å²) in [6.45, 7) is 5.54. The molecule has 0 saturated carbocycles. The fraction of sp³-hybridized carbons (Fsp3) is 0.333. The van der Waals surface area contributed by atoms with Gasteiger partial charge in [-0.1, -0.05) is 32.0 Å². The first-order valence-corrected chi connectivity index (χ1v) is 6.21. The third-order valence-corrected chi connectivity index (χ3v) is 2.55. The summed E-state index contributed by atoms with van der Waals surface area (Å²) in [6, 6.07) is 12.2. The lowest BCUT2D eigenvalue weighted by atomic mass is 10.3. The van der Waals surface area contributed by atoms with Crippen LogP contribution >= 0.6 is 0 Å². The molecule has 3 nitrogen and oxygen atoms in total. The molecule has 0 saturated heterocycles. The molecular formula is C15H19NO2. The molecule has 0 aliphatic carbocycles. The summed E-state index contributed by atoms with van der Waals surface area (Å²) in [5.41, 5.74) is 1.15. The van der Waals surface area contributed by atoms with Crippen LogP contribution in [0.1, 0.15) is 25.2 Å². The molecule has 0 spiro atoms. The van der Waals surface area contributed by atoms with E-state index < -0.39 is 0 Å².